The van der Waals surface area contributed by atoms with Crippen molar-refractivity contribution in [2.24, 2.45) is 5.73 Å². The molecule has 5 N–H and O–H groups in total. The molecule has 2 amide bonds. The van der Waals surface area contributed by atoms with E-state index in [1.807, 2.05) is 27.7 Å². The standard InChI is InChI=1S/C20H24ClF2N3O3.C7H13F2NO.2C2H6/c1-25(2)16(27)11-26-10-13(17-14(21)4-3-5-15(17)26)18(28)24-12-19(29)6-8-20(22,23)9-7-19;8-7(9)3-1-6(11,5-10)2-4-7;2*1-2/h3-5,10,29H,6-9,11-12H2,1-2H3,(H,24,28);11H,1-5,10H2;2*1-2H3. The number of nitrogens with two attached hydrogens (primary N) is 1. The number of carbonyl (C=O) groups is 2. The lowest BCUT2D eigenvalue weighted by Crippen LogP contribution is -2.47. The second kappa shape index (κ2) is 16.8. The molecule has 2 aliphatic carbocycles. The number of hydrogen-bond donors (Lipinski definition) is 4. The summed E-state index contributed by atoms with van der Waals surface area (Å²) in [6.45, 7) is 7.99. The molecule has 0 saturated heterocycles. The second-order valence-corrected chi connectivity index (χ2v) is 11.5. The lowest BCUT2D eigenvalue weighted by atomic mass is 9.82. The van der Waals surface area contributed by atoms with Crippen LogP contribution in [0.25, 0.3) is 10.9 Å². The Hall–Kier alpha value is -2.41. The Morgan fingerprint density at radius 3 is 1.84 bits per heavy atom. The van der Waals surface area contributed by atoms with Gasteiger partial charge in [0.25, 0.3) is 5.91 Å². The van der Waals surface area contributed by atoms with Gasteiger partial charge in [-0.15, -0.1) is 0 Å². The van der Waals surface area contributed by atoms with Gasteiger partial charge < -0.3 is 30.7 Å². The number of aliphatic hydroxyl groups is 2. The van der Waals surface area contributed by atoms with E-state index in [1.54, 1.807) is 43.1 Å². The van der Waals surface area contributed by atoms with Crippen LogP contribution < -0.4 is 11.1 Å². The van der Waals surface area contributed by atoms with Crippen LogP contribution in [0.4, 0.5) is 17.6 Å². The van der Waals surface area contributed by atoms with Crippen LogP contribution in [0.3, 0.4) is 0 Å². The van der Waals surface area contributed by atoms with E-state index in [9.17, 15) is 37.4 Å². The lowest BCUT2D eigenvalue weighted by Gasteiger charge is -2.35. The lowest BCUT2D eigenvalue weighted by molar-refractivity contribution is -0.129. The first-order valence-electron chi connectivity index (χ1n) is 15.2. The van der Waals surface area contributed by atoms with Crippen molar-refractivity contribution in [2.45, 2.75) is 109 Å². The number of nitrogens with zero attached hydrogens (tertiary/aromatic N) is 2. The Bertz CT molecular complexity index is 1200. The van der Waals surface area contributed by atoms with Crippen LogP contribution in [0.15, 0.2) is 24.4 Å². The molecule has 13 heteroatoms. The van der Waals surface area contributed by atoms with Crippen LogP contribution >= 0.6 is 11.6 Å². The van der Waals surface area contributed by atoms with Crippen LogP contribution in [0, 0.1) is 0 Å². The van der Waals surface area contributed by atoms with Crippen LogP contribution in [-0.2, 0) is 11.3 Å². The minimum Gasteiger partial charge on any atom is -0.389 e. The van der Waals surface area contributed by atoms with Crippen LogP contribution in [0.1, 0.15) is 89.4 Å². The van der Waals surface area contributed by atoms with Gasteiger partial charge in [-0.3, -0.25) is 9.59 Å². The van der Waals surface area contributed by atoms with Gasteiger partial charge in [0.2, 0.25) is 17.8 Å². The molecule has 2 aliphatic rings. The van der Waals surface area contributed by atoms with E-state index in [-0.39, 0.29) is 69.6 Å². The van der Waals surface area contributed by atoms with Crippen LogP contribution in [0.2, 0.25) is 5.02 Å². The number of carbonyl (C=O) groups excluding carboxylic acids is 2. The fourth-order valence-corrected chi connectivity index (χ4v) is 5.05. The molecule has 0 unspecified atom stereocenters. The highest BCUT2D eigenvalue weighted by molar-refractivity contribution is 6.36. The summed E-state index contributed by atoms with van der Waals surface area (Å²) in [4.78, 5) is 26.4. The highest BCUT2D eigenvalue weighted by Crippen LogP contribution is 2.39. The van der Waals surface area contributed by atoms with Gasteiger partial charge in [0.1, 0.15) is 6.54 Å². The molecule has 4 rings (SSSR count). The highest BCUT2D eigenvalue weighted by Gasteiger charge is 2.43. The number of likely N-dealkylation sites (N-methyl/N-ethyl adjacent to an activating group) is 1. The number of hydrogen-bond acceptors (Lipinski definition) is 5. The third-order valence-electron chi connectivity index (χ3n) is 7.69. The Balaban J connectivity index is 0.000000538. The molecule has 2 fully saturated rings. The molecule has 0 atom stereocenters. The maximum absolute atomic E-state index is 13.3. The second-order valence-electron chi connectivity index (χ2n) is 11.1. The summed E-state index contributed by atoms with van der Waals surface area (Å²) >= 11 is 6.30. The van der Waals surface area contributed by atoms with Gasteiger partial charge in [-0.1, -0.05) is 45.4 Å². The van der Waals surface area contributed by atoms with Crippen molar-refractivity contribution in [3.8, 4) is 0 Å². The summed E-state index contributed by atoms with van der Waals surface area (Å²) in [6.07, 6.45) is 0.343. The van der Waals surface area contributed by atoms with E-state index in [0.29, 0.717) is 15.9 Å². The first-order chi connectivity index (χ1) is 20.5. The van der Waals surface area contributed by atoms with Crippen molar-refractivity contribution in [2.75, 3.05) is 27.2 Å². The number of alkyl halides is 4. The van der Waals surface area contributed by atoms with Gasteiger partial charge in [0, 0.05) is 64.5 Å². The zero-order chi connectivity index (χ0) is 33.9. The van der Waals surface area contributed by atoms with E-state index < -0.39 is 41.8 Å². The van der Waals surface area contributed by atoms with Crippen molar-refractivity contribution in [3.05, 3.63) is 35.0 Å². The minimum absolute atomic E-state index is 0.0378. The number of amides is 2. The number of fused-ring (bicyclic) bond motifs is 1. The number of nitrogens with one attached hydrogen (secondary N) is 1. The fraction of sp³-hybridized carbons (Fsp3) is 0.677. The molecular weight excluding hydrogens is 604 g/mol. The number of rotatable bonds is 6. The molecule has 44 heavy (non-hydrogen) atoms. The summed E-state index contributed by atoms with van der Waals surface area (Å²) in [5, 5.41) is 23.5. The van der Waals surface area contributed by atoms with E-state index >= 15 is 0 Å². The summed E-state index contributed by atoms with van der Waals surface area (Å²) in [5.74, 6) is -5.98. The first kappa shape index (κ1) is 39.6. The Morgan fingerprint density at radius 2 is 1.39 bits per heavy atom. The molecule has 0 radical (unpaired) electrons. The maximum Gasteiger partial charge on any atom is 0.253 e. The van der Waals surface area contributed by atoms with E-state index in [0.717, 1.165) is 0 Å². The summed E-state index contributed by atoms with van der Waals surface area (Å²) < 4.78 is 53.4. The zero-order valence-corrected chi connectivity index (χ0v) is 27.4. The van der Waals surface area contributed by atoms with E-state index in [2.05, 4.69) is 5.32 Å². The molecule has 1 aromatic heterocycles. The summed E-state index contributed by atoms with van der Waals surface area (Å²) in [5.41, 5.74) is 3.74. The fourth-order valence-electron chi connectivity index (χ4n) is 4.78. The Kier molecular flexibility index (Phi) is 15.1. The average Bonchev–Trinajstić information content (AvgIpc) is 3.37. The minimum atomic E-state index is -2.77. The third-order valence-corrected chi connectivity index (χ3v) is 8.00. The summed E-state index contributed by atoms with van der Waals surface area (Å²) in [7, 11) is 3.28. The summed E-state index contributed by atoms with van der Waals surface area (Å²) in [6, 6.07) is 5.14. The molecule has 0 aliphatic heterocycles. The Labute approximate surface area is 262 Å². The van der Waals surface area contributed by atoms with Gasteiger partial charge in [-0.25, -0.2) is 17.6 Å². The van der Waals surface area contributed by atoms with E-state index in [4.69, 9.17) is 17.3 Å². The molecule has 2 aromatic rings. The van der Waals surface area contributed by atoms with Crippen LogP contribution in [-0.4, -0.2) is 81.7 Å². The monoisotopic (exact) mass is 652 g/mol. The molecule has 1 aromatic carbocycles. The molecular formula is C31H49ClF4N4O4. The number of halogens is 5. The largest absolute Gasteiger partial charge is 0.389 e. The number of aromatic nitrogens is 1. The Morgan fingerprint density at radius 1 is 0.909 bits per heavy atom. The zero-order valence-electron chi connectivity index (χ0n) is 26.7. The van der Waals surface area contributed by atoms with Crippen LogP contribution in [0.5, 0.6) is 0 Å². The molecule has 0 bridgehead atoms. The van der Waals surface area contributed by atoms with Crippen molar-refractivity contribution >= 4 is 34.3 Å². The maximum atomic E-state index is 13.3. The molecule has 2 saturated carbocycles. The predicted octanol–water partition coefficient (Wildman–Crippen LogP) is 5.99. The van der Waals surface area contributed by atoms with Crippen molar-refractivity contribution in [3.63, 3.8) is 0 Å². The van der Waals surface area contributed by atoms with Gasteiger partial charge in [0.15, 0.2) is 0 Å². The highest BCUT2D eigenvalue weighted by atomic mass is 35.5. The van der Waals surface area contributed by atoms with Gasteiger partial charge in [-0.2, -0.15) is 0 Å². The topological polar surface area (TPSA) is 121 Å². The van der Waals surface area contributed by atoms with Crippen molar-refractivity contribution < 1.29 is 37.4 Å². The molecule has 0 spiro atoms. The molecule has 8 nitrogen and oxygen atoms in total. The molecule has 1 heterocycles. The predicted molar refractivity (Wildman–Crippen MR) is 166 cm³/mol. The van der Waals surface area contributed by atoms with Gasteiger partial charge >= 0.3 is 0 Å². The van der Waals surface area contributed by atoms with E-state index in [1.165, 1.54) is 4.90 Å². The van der Waals surface area contributed by atoms with Gasteiger partial charge in [0.05, 0.1) is 27.3 Å². The molecule has 252 valence electrons. The first-order valence-corrected chi connectivity index (χ1v) is 15.5. The van der Waals surface area contributed by atoms with Crippen molar-refractivity contribution in [1.29, 1.82) is 0 Å². The van der Waals surface area contributed by atoms with Crippen molar-refractivity contribution in [1.82, 2.24) is 14.8 Å². The normalized spacial score (nSPS) is 19.1. The number of benzene rings is 1. The quantitative estimate of drug-likeness (QED) is 0.286. The smallest absolute Gasteiger partial charge is 0.253 e. The average molecular weight is 653 g/mol. The van der Waals surface area contributed by atoms with Gasteiger partial charge in [-0.05, 0) is 37.8 Å². The SMILES string of the molecule is CC.CC.CN(C)C(=O)Cn1cc(C(=O)NCC2(O)CCC(F)(F)CC2)c2c(Cl)cccc21.NCC1(O)CCC(F)(F)CC1. The third kappa shape index (κ3) is 11.2.